The van der Waals surface area contributed by atoms with E-state index in [0.717, 1.165) is 0 Å². The van der Waals surface area contributed by atoms with E-state index < -0.39 is 17.4 Å². The quantitative estimate of drug-likeness (QED) is 0.469. The molecule has 0 saturated heterocycles. The minimum absolute atomic E-state index is 0.0129. The summed E-state index contributed by atoms with van der Waals surface area (Å²) in [5.41, 5.74) is 0.244. The summed E-state index contributed by atoms with van der Waals surface area (Å²) in [4.78, 5) is 33.2. The molecule has 0 saturated carbocycles. The third-order valence-corrected chi connectivity index (χ3v) is 2.21. The van der Waals surface area contributed by atoms with Gasteiger partial charge in [0, 0.05) is 0 Å². The molecule has 0 unspecified atom stereocenters. The van der Waals surface area contributed by atoms with E-state index in [1.165, 1.54) is 12.1 Å². The standard InChI is InChI=1S/C13H15NO4/c1-13(2,3)12(16)18-11(15)8-9-4-6-10(14-17)7-5-9/h4-7H,8H2,1-3H3. The van der Waals surface area contributed by atoms with E-state index in [0.29, 0.717) is 5.56 Å². The summed E-state index contributed by atoms with van der Waals surface area (Å²) >= 11 is 0. The molecule has 0 aromatic heterocycles. The molecule has 0 N–H and O–H groups in total. The van der Waals surface area contributed by atoms with E-state index >= 15 is 0 Å². The van der Waals surface area contributed by atoms with Crippen molar-refractivity contribution < 1.29 is 14.3 Å². The fraction of sp³-hybridized carbons (Fsp3) is 0.385. The Hall–Kier alpha value is -2.04. The number of rotatable bonds is 3. The number of nitroso groups, excluding NO2 is 1. The van der Waals surface area contributed by atoms with Crippen LogP contribution in [-0.2, 0) is 20.7 Å². The first-order chi connectivity index (χ1) is 8.32. The Labute approximate surface area is 105 Å². The third kappa shape index (κ3) is 4.08. The summed E-state index contributed by atoms with van der Waals surface area (Å²) in [5, 5.41) is 2.75. The van der Waals surface area contributed by atoms with Crippen molar-refractivity contribution in [2.45, 2.75) is 27.2 Å². The second kappa shape index (κ2) is 5.53. The summed E-state index contributed by atoms with van der Waals surface area (Å²) in [6, 6.07) is 6.20. The SMILES string of the molecule is CC(C)(C)C(=O)OC(=O)Cc1ccc(N=O)cc1. The Morgan fingerprint density at radius 3 is 2.17 bits per heavy atom. The molecule has 96 valence electrons. The number of carbonyl (C=O) groups excluding carboxylic acids is 2. The molecule has 0 radical (unpaired) electrons. The van der Waals surface area contributed by atoms with Gasteiger partial charge in [-0.05, 0) is 43.6 Å². The van der Waals surface area contributed by atoms with Crippen molar-refractivity contribution in [2.24, 2.45) is 10.6 Å². The third-order valence-electron chi connectivity index (χ3n) is 2.21. The lowest BCUT2D eigenvalue weighted by Crippen LogP contribution is -2.26. The van der Waals surface area contributed by atoms with Crippen LogP contribution in [0.1, 0.15) is 26.3 Å². The number of ether oxygens (including phenoxy) is 1. The van der Waals surface area contributed by atoms with Gasteiger partial charge in [0.25, 0.3) is 0 Å². The van der Waals surface area contributed by atoms with Crippen LogP contribution in [0.5, 0.6) is 0 Å². The van der Waals surface area contributed by atoms with Gasteiger partial charge in [-0.15, -0.1) is 4.91 Å². The second-order valence-electron chi connectivity index (χ2n) is 4.95. The zero-order valence-corrected chi connectivity index (χ0v) is 10.6. The van der Waals surface area contributed by atoms with Crippen molar-refractivity contribution in [3.63, 3.8) is 0 Å². The molecule has 1 rings (SSSR count). The lowest BCUT2D eigenvalue weighted by Gasteiger charge is -2.15. The van der Waals surface area contributed by atoms with Crippen molar-refractivity contribution in [1.29, 1.82) is 0 Å². The molecule has 5 nitrogen and oxygen atoms in total. The number of benzene rings is 1. The summed E-state index contributed by atoms with van der Waals surface area (Å²) in [5.74, 6) is -1.17. The summed E-state index contributed by atoms with van der Waals surface area (Å²) in [6.45, 7) is 5.02. The van der Waals surface area contributed by atoms with Crippen LogP contribution in [0.25, 0.3) is 0 Å². The highest BCUT2D eigenvalue weighted by atomic mass is 16.6. The molecule has 0 aliphatic carbocycles. The van der Waals surface area contributed by atoms with Gasteiger partial charge in [-0.3, -0.25) is 9.59 Å². The van der Waals surface area contributed by atoms with Crippen LogP contribution in [0, 0.1) is 10.3 Å². The molecule has 0 spiro atoms. The van der Waals surface area contributed by atoms with E-state index in [1.807, 2.05) is 0 Å². The monoisotopic (exact) mass is 249 g/mol. The van der Waals surface area contributed by atoms with Crippen LogP contribution in [-0.4, -0.2) is 11.9 Å². The smallest absolute Gasteiger partial charge is 0.318 e. The molecule has 1 aromatic carbocycles. The molecular weight excluding hydrogens is 234 g/mol. The maximum absolute atomic E-state index is 11.5. The lowest BCUT2D eigenvalue weighted by molar-refractivity contribution is -0.165. The van der Waals surface area contributed by atoms with Crippen LogP contribution in [0.15, 0.2) is 29.4 Å². The minimum Gasteiger partial charge on any atom is -0.393 e. The number of nitrogens with zero attached hydrogens (tertiary/aromatic N) is 1. The van der Waals surface area contributed by atoms with Crippen LogP contribution in [0.4, 0.5) is 5.69 Å². The van der Waals surface area contributed by atoms with Gasteiger partial charge >= 0.3 is 11.9 Å². The fourth-order valence-corrected chi connectivity index (χ4v) is 1.13. The van der Waals surface area contributed by atoms with E-state index in [2.05, 4.69) is 5.18 Å². The minimum atomic E-state index is -0.707. The maximum atomic E-state index is 11.5. The predicted molar refractivity (Wildman–Crippen MR) is 66.2 cm³/mol. The van der Waals surface area contributed by atoms with Crippen LogP contribution in [0.3, 0.4) is 0 Å². The Bertz CT molecular complexity index is 457. The molecule has 5 heteroatoms. The van der Waals surface area contributed by atoms with Gasteiger partial charge in [-0.2, -0.15) is 0 Å². The van der Waals surface area contributed by atoms with Gasteiger partial charge < -0.3 is 4.74 Å². The van der Waals surface area contributed by atoms with Crippen molar-refractivity contribution in [3.05, 3.63) is 34.7 Å². The van der Waals surface area contributed by atoms with Gasteiger partial charge in [-0.1, -0.05) is 12.1 Å². The summed E-state index contributed by atoms with van der Waals surface area (Å²) < 4.78 is 4.71. The number of hydrogen-bond acceptors (Lipinski definition) is 5. The average molecular weight is 249 g/mol. The molecule has 0 aliphatic heterocycles. The van der Waals surface area contributed by atoms with Crippen molar-refractivity contribution in [2.75, 3.05) is 0 Å². The van der Waals surface area contributed by atoms with E-state index in [-0.39, 0.29) is 12.1 Å². The highest BCUT2D eigenvalue weighted by molar-refractivity contribution is 5.89. The first kappa shape index (κ1) is 14.0. The topological polar surface area (TPSA) is 72.8 Å². The van der Waals surface area contributed by atoms with E-state index in [1.54, 1.807) is 32.9 Å². The van der Waals surface area contributed by atoms with Crippen LogP contribution < -0.4 is 0 Å². The highest BCUT2D eigenvalue weighted by Gasteiger charge is 2.25. The predicted octanol–water partition coefficient (Wildman–Crippen LogP) is 2.74. The molecule has 18 heavy (non-hydrogen) atoms. The highest BCUT2D eigenvalue weighted by Crippen LogP contribution is 2.16. The number of esters is 2. The summed E-state index contributed by atoms with van der Waals surface area (Å²) in [6.07, 6.45) is -0.0129. The lowest BCUT2D eigenvalue weighted by atomic mass is 9.97. The first-order valence-corrected chi connectivity index (χ1v) is 5.50. The average Bonchev–Trinajstić information content (AvgIpc) is 2.28. The zero-order chi connectivity index (χ0) is 13.8. The maximum Gasteiger partial charge on any atom is 0.318 e. The zero-order valence-electron chi connectivity index (χ0n) is 10.6. The van der Waals surface area contributed by atoms with Gasteiger partial charge in [0.05, 0.1) is 11.8 Å². The largest absolute Gasteiger partial charge is 0.393 e. The molecule has 0 atom stereocenters. The van der Waals surface area contributed by atoms with Gasteiger partial charge in [-0.25, -0.2) is 0 Å². The normalized spacial score (nSPS) is 10.8. The van der Waals surface area contributed by atoms with Gasteiger partial charge in [0.15, 0.2) is 0 Å². The molecule has 1 aromatic rings. The molecule has 0 aliphatic rings. The van der Waals surface area contributed by atoms with E-state index in [4.69, 9.17) is 4.74 Å². The Kier molecular flexibility index (Phi) is 4.31. The van der Waals surface area contributed by atoms with E-state index in [9.17, 15) is 14.5 Å². The number of hydrogen-bond donors (Lipinski definition) is 0. The molecule has 0 bridgehead atoms. The second-order valence-corrected chi connectivity index (χ2v) is 4.95. The van der Waals surface area contributed by atoms with Crippen molar-refractivity contribution in [3.8, 4) is 0 Å². The Morgan fingerprint density at radius 1 is 1.17 bits per heavy atom. The molecule has 0 fully saturated rings. The Balaban J connectivity index is 2.59. The fourth-order valence-electron chi connectivity index (χ4n) is 1.13. The molecule has 0 heterocycles. The van der Waals surface area contributed by atoms with Crippen molar-refractivity contribution >= 4 is 17.6 Å². The number of carbonyl (C=O) groups is 2. The Morgan fingerprint density at radius 2 is 1.72 bits per heavy atom. The molecular formula is C13H15NO4. The van der Waals surface area contributed by atoms with Gasteiger partial charge in [0.1, 0.15) is 5.69 Å². The first-order valence-electron chi connectivity index (χ1n) is 5.50. The summed E-state index contributed by atoms with van der Waals surface area (Å²) in [7, 11) is 0. The van der Waals surface area contributed by atoms with Crippen LogP contribution >= 0.6 is 0 Å². The van der Waals surface area contributed by atoms with Crippen molar-refractivity contribution in [1.82, 2.24) is 0 Å². The van der Waals surface area contributed by atoms with Crippen LogP contribution in [0.2, 0.25) is 0 Å². The van der Waals surface area contributed by atoms with Gasteiger partial charge in [0.2, 0.25) is 0 Å². The molecule has 0 amide bonds.